The summed E-state index contributed by atoms with van der Waals surface area (Å²) in [5.74, 6) is 0.679. The highest BCUT2D eigenvalue weighted by molar-refractivity contribution is 5.95. The lowest BCUT2D eigenvalue weighted by Crippen LogP contribution is -2.06. The van der Waals surface area contributed by atoms with Crippen molar-refractivity contribution < 1.29 is 17.9 Å². The number of methoxy groups -OCH3 is 1. The monoisotopic (exact) mass is 382 g/mol. The van der Waals surface area contributed by atoms with Crippen LogP contribution in [0.1, 0.15) is 11.1 Å². The van der Waals surface area contributed by atoms with Crippen LogP contribution in [0.15, 0.2) is 72.8 Å². The Labute approximate surface area is 160 Å². The number of fused-ring (bicyclic) bond motifs is 1. The quantitative estimate of drug-likeness (QED) is 0.447. The maximum atomic E-state index is 13.5. The molecule has 0 aliphatic heterocycles. The number of nitrogens with zero attached hydrogens (tertiary/aromatic N) is 2. The van der Waals surface area contributed by atoms with Gasteiger partial charge in [0.15, 0.2) is 0 Å². The summed E-state index contributed by atoms with van der Waals surface area (Å²) in [6.07, 6.45) is -4.47. The summed E-state index contributed by atoms with van der Waals surface area (Å²) in [5.41, 5.74) is 1.60. The SMILES string of the molecule is COc1ccc(-c2c3cccc(C(F)(F)F)c3nn2Cc2ccccc2)cc1. The summed E-state index contributed by atoms with van der Waals surface area (Å²) in [6.45, 7) is 0.369. The topological polar surface area (TPSA) is 27.1 Å². The summed E-state index contributed by atoms with van der Waals surface area (Å²) < 4.78 is 47.4. The van der Waals surface area contributed by atoms with Gasteiger partial charge in [-0.25, -0.2) is 0 Å². The third kappa shape index (κ3) is 3.33. The molecule has 0 bridgehead atoms. The van der Waals surface area contributed by atoms with Crippen LogP contribution < -0.4 is 4.74 Å². The van der Waals surface area contributed by atoms with Gasteiger partial charge in [-0.05, 0) is 35.9 Å². The van der Waals surface area contributed by atoms with Gasteiger partial charge in [-0.15, -0.1) is 0 Å². The Morgan fingerprint density at radius 1 is 0.893 bits per heavy atom. The molecule has 0 spiro atoms. The van der Waals surface area contributed by atoms with E-state index in [4.69, 9.17) is 4.74 Å². The van der Waals surface area contributed by atoms with Crippen molar-refractivity contribution in [2.45, 2.75) is 12.7 Å². The summed E-state index contributed by atoms with van der Waals surface area (Å²) in [6, 6.07) is 20.9. The van der Waals surface area contributed by atoms with Gasteiger partial charge in [0, 0.05) is 10.9 Å². The number of alkyl halides is 3. The molecule has 4 aromatic rings. The second kappa shape index (κ2) is 7.03. The van der Waals surface area contributed by atoms with Crippen LogP contribution >= 0.6 is 0 Å². The molecule has 1 aromatic heterocycles. The Morgan fingerprint density at radius 2 is 1.61 bits per heavy atom. The molecule has 4 rings (SSSR count). The molecule has 3 aromatic carbocycles. The molecule has 0 aliphatic rings. The van der Waals surface area contributed by atoms with Crippen LogP contribution in [0, 0.1) is 0 Å². The van der Waals surface area contributed by atoms with Gasteiger partial charge in [0.1, 0.15) is 11.3 Å². The summed E-state index contributed by atoms with van der Waals surface area (Å²) in [5, 5.41) is 4.83. The normalized spacial score (nSPS) is 11.7. The van der Waals surface area contributed by atoms with E-state index < -0.39 is 11.7 Å². The molecule has 6 heteroatoms. The first-order chi connectivity index (χ1) is 13.5. The molecule has 142 valence electrons. The molecule has 0 radical (unpaired) electrons. The van der Waals surface area contributed by atoms with E-state index in [1.165, 1.54) is 6.07 Å². The molecule has 3 nitrogen and oxygen atoms in total. The number of rotatable bonds is 4. The van der Waals surface area contributed by atoms with Crippen LogP contribution in [0.25, 0.3) is 22.2 Å². The van der Waals surface area contributed by atoms with Gasteiger partial charge < -0.3 is 4.74 Å². The van der Waals surface area contributed by atoms with Gasteiger partial charge in [0.25, 0.3) is 0 Å². The van der Waals surface area contributed by atoms with E-state index in [0.717, 1.165) is 17.2 Å². The molecule has 0 aliphatic carbocycles. The van der Waals surface area contributed by atoms with E-state index in [1.54, 1.807) is 30.0 Å². The minimum absolute atomic E-state index is 0.0447. The maximum absolute atomic E-state index is 13.5. The van der Waals surface area contributed by atoms with E-state index in [2.05, 4.69) is 5.10 Å². The Balaban J connectivity index is 1.94. The second-order valence-electron chi connectivity index (χ2n) is 6.42. The molecule has 1 heterocycles. The lowest BCUT2D eigenvalue weighted by molar-refractivity contribution is -0.136. The fraction of sp³-hybridized carbons (Fsp3) is 0.136. The fourth-order valence-corrected chi connectivity index (χ4v) is 3.31. The summed E-state index contributed by atoms with van der Waals surface area (Å²) in [7, 11) is 1.57. The van der Waals surface area contributed by atoms with E-state index in [1.807, 2.05) is 42.5 Å². The second-order valence-corrected chi connectivity index (χ2v) is 6.42. The first kappa shape index (κ1) is 18.1. The number of aromatic nitrogens is 2. The van der Waals surface area contributed by atoms with Crippen molar-refractivity contribution in [2.24, 2.45) is 0 Å². The number of halogens is 3. The van der Waals surface area contributed by atoms with E-state index >= 15 is 0 Å². The lowest BCUT2D eigenvalue weighted by Gasteiger charge is -2.09. The Kier molecular flexibility index (Phi) is 4.55. The summed E-state index contributed by atoms with van der Waals surface area (Å²) in [4.78, 5) is 0. The molecule has 0 saturated heterocycles. The van der Waals surface area contributed by atoms with Crippen molar-refractivity contribution in [3.8, 4) is 17.0 Å². The van der Waals surface area contributed by atoms with Crippen molar-refractivity contribution in [1.29, 1.82) is 0 Å². The highest BCUT2D eigenvalue weighted by Crippen LogP contribution is 2.38. The summed E-state index contributed by atoms with van der Waals surface area (Å²) >= 11 is 0. The van der Waals surface area contributed by atoms with E-state index in [9.17, 15) is 13.2 Å². The van der Waals surface area contributed by atoms with Crippen molar-refractivity contribution in [1.82, 2.24) is 9.78 Å². The van der Waals surface area contributed by atoms with Crippen molar-refractivity contribution in [3.63, 3.8) is 0 Å². The standard InChI is InChI=1S/C22H17F3N2O/c1-28-17-12-10-16(11-13-17)21-18-8-5-9-19(22(23,24)25)20(18)26-27(21)14-15-6-3-2-4-7-15/h2-13H,14H2,1H3. The van der Waals surface area contributed by atoms with E-state index in [0.29, 0.717) is 23.4 Å². The first-order valence-corrected chi connectivity index (χ1v) is 8.72. The lowest BCUT2D eigenvalue weighted by atomic mass is 10.0. The number of ether oxygens (including phenoxy) is 1. The van der Waals surface area contributed by atoms with Crippen molar-refractivity contribution in [2.75, 3.05) is 7.11 Å². The fourth-order valence-electron chi connectivity index (χ4n) is 3.31. The molecule has 0 saturated carbocycles. The molecule has 0 amide bonds. The van der Waals surface area contributed by atoms with Crippen molar-refractivity contribution in [3.05, 3.63) is 83.9 Å². The average Bonchev–Trinajstić information content (AvgIpc) is 3.05. The molecule has 0 fully saturated rings. The zero-order chi connectivity index (χ0) is 19.7. The minimum Gasteiger partial charge on any atom is -0.497 e. The average molecular weight is 382 g/mol. The molecular formula is C22H17F3N2O. The predicted octanol–water partition coefficient (Wildman–Crippen LogP) is 5.78. The van der Waals surface area contributed by atoms with Gasteiger partial charge >= 0.3 is 6.18 Å². The number of hydrogen-bond acceptors (Lipinski definition) is 2. The van der Waals surface area contributed by atoms with Gasteiger partial charge in [0.05, 0.1) is 24.9 Å². The zero-order valence-corrected chi connectivity index (χ0v) is 15.1. The maximum Gasteiger partial charge on any atom is 0.418 e. The highest BCUT2D eigenvalue weighted by Gasteiger charge is 2.34. The van der Waals surface area contributed by atoms with Gasteiger partial charge in [-0.3, -0.25) is 4.68 Å². The molecule has 0 atom stereocenters. The van der Waals surface area contributed by atoms with Gasteiger partial charge in [-0.2, -0.15) is 18.3 Å². The molecule has 0 unspecified atom stereocenters. The van der Waals surface area contributed by atoms with Gasteiger partial charge in [0.2, 0.25) is 0 Å². The highest BCUT2D eigenvalue weighted by atomic mass is 19.4. The molecular weight excluding hydrogens is 365 g/mol. The number of benzene rings is 3. The Morgan fingerprint density at radius 3 is 2.25 bits per heavy atom. The number of hydrogen-bond donors (Lipinski definition) is 0. The van der Waals surface area contributed by atoms with Crippen LogP contribution in [0.5, 0.6) is 5.75 Å². The first-order valence-electron chi connectivity index (χ1n) is 8.72. The Hall–Kier alpha value is -3.28. The van der Waals surface area contributed by atoms with Crippen LogP contribution in [0.2, 0.25) is 0 Å². The van der Waals surface area contributed by atoms with Gasteiger partial charge in [-0.1, -0.05) is 42.5 Å². The van der Waals surface area contributed by atoms with Crippen LogP contribution in [0.4, 0.5) is 13.2 Å². The molecule has 28 heavy (non-hydrogen) atoms. The predicted molar refractivity (Wildman–Crippen MR) is 102 cm³/mol. The van der Waals surface area contributed by atoms with Crippen LogP contribution in [-0.2, 0) is 12.7 Å². The van der Waals surface area contributed by atoms with Crippen LogP contribution in [-0.4, -0.2) is 16.9 Å². The third-order valence-electron chi connectivity index (χ3n) is 4.61. The van der Waals surface area contributed by atoms with E-state index in [-0.39, 0.29) is 5.52 Å². The van der Waals surface area contributed by atoms with Crippen LogP contribution in [0.3, 0.4) is 0 Å². The molecule has 0 N–H and O–H groups in total. The third-order valence-corrected chi connectivity index (χ3v) is 4.61. The minimum atomic E-state index is -4.47. The zero-order valence-electron chi connectivity index (χ0n) is 15.1. The largest absolute Gasteiger partial charge is 0.497 e. The smallest absolute Gasteiger partial charge is 0.418 e. The Bertz CT molecular complexity index is 1100. The van der Waals surface area contributed by atoms with Crippen molar-refractivity contribution >= 4 is 10.9 Å².